The molecule has 0 aromatic rings. The Labute approximate surface area is 434 Å². The lowest BCUT2D eigenvalue weighted by molar-refractivity contribution is -0.301. The third-order valence-electron chi connectivity index (χ3n) is 13.2. The molecule has 6 atom stereocenters. The smallest absolute Gasteiger partial charge is 0.397 e. The number of rotatable bonds is 51. The molecule has 12 nitrogen and oxygen atoms in total. The van der Waals surface area contributed by atoms with Crippen molar-refractivity contribution in [2.24, 2.45) is 0 Å². The second-order valence-electron chi connectivity index (χ2n) is 19.9. The van der Waals surface area contributed by atoms with E-state index in [2.05, 4.69) is 66.6 Å². The summed E-state index contributed by atoms with van der Waals surface area (Å²) in [5.74, 6) is -0.400. The molecule has 71 heavy (non-hydrogen) atoms. The van der Waals surface area contributed by atoms with Crippen LogP contribution in [0.25, 0.3) is 0 Å². The normalized spacial score (nSPS) is 19.3. The molecule has 0 aromatic carbocycles. The van der Waals surface area contributed by atoms with Crippen molar-refractivity contribution in [3.05, 3.63) is 48.6 Å². The van der Waals surface area contributed by atoms with E-state index in [1.54, 1.807) is 0 Å². The Morgan fingerprint density at radius 2 is 0.930 bits per heavy atom. The molecule has 1 heterocycles. The van der Waals surface area contributed by atoms with E-state index >= 15 is 0 Å². The highest BCUT2D eigenvalue weighted by molar-refractivity contribution is 7.80. The molecule has 0 bridgehead atoms. The summed E-state index contributed by atoms with van der Waals surface area (Å²) >= 11 is 0. The van der Waals surface area contributed by atoms with Crippen molar-refractivity contribution in [2.45, 2.75) is 288 Å². The highest BCUT2D eigenvalue weighted by Crippen LogP contribution is 2.26. The summed E-state index contributed by atoms with van der Waals surface area (Å²) in [4.78, 5) is 13.0. The van der Waals surface area contributed by atoms with Crippen molar-refractivity contribution in [1.82, 2.24) is 0 Å². The standard InChI is InChI=1S/C58H106O12S/c1-3-5-7-9-11-13-15-17-19-21-23-24-25-26-27-28-29-31-33-35-37-39-41-43-45-47-54(60)68-52(51-67-58-56(62)57(70-71(63,64)65)55(61)53(49-59)69-58)50-66-48-46-44-42-40-38-36-34-32-30-22-20-18-16-14-12-10-8-6-4-2/h14-17,20-23,52-53,55-59,61-62H,3-13,18-19,24-51H2,1-2H3,(H,63,64,65)/b16-14-,17-15-,22-20-,23-21-. The zero-order valence-electron chi connectivity index (χ0n) is 45.0. The molecule has 0 radical (unpaired) electrons. The second-order valence-corrected chi connectivity index (χ2v) is 20.9. The Morgan fingerprint density at radius 1 is 0.535 bits per heavy atom. The molecule has 1 rings (SSSR count). The molecular weight excluding hydrogens is 921 g/mol. The van der Waals surface area contributed by atoms with E-state index in [-0.39, 0.29) is 19.6 Å². The van der Waals surface area contributed by atoms with Gasteiger partial charge in [0.25, 0.3) is 0 Å². The summed E-state index contributed by atoms with van der Waals surface area (Å²) in [6.07, 6.45) is 52.9. The van der Waals surface area contributed by atoms with Gasteiger partial charge in [-0.05, 0) is 77.0 Å². The lowest BCUT2D eigenvalue weighted by Crippen LogP contribution is -2.60. The number of carbonyl (C=O) groups is 1. The average molecular weight is 1030 g/mol. The highest BCUT2D eigenvalue weighted by Gasteiger charge is 2.48. The largest absolute Gasteiger partial charge is 0.457 e. The van der Waals surface area contributed by atoms with Crippen molar-refractivity contribution in [2.75, 3.05) is 26.4 Å². The van der Waals surface area contributed by atoms with Gasteiger partial charge in [0.1, 0.15) is 30.5 Å². The maximum atomic E-state index is 13.0. The monoisotopic (exact) mass is 1030 g/mol. The number of hydrogen-bond acceptors (Lipinski definition) is 11. The van der Waals surface area contributed by atoms with Crippen molar-refractivity contribution < 1.29 is 56.2 Å². The van der Waals surface area contributed by atoms with Gasteiger partial charge in [0, 0.05) is 13.0 Å². The first-order chi connectivity index (χ1) is 34.6. The molecule has 1 fully saturated rings. The molecule has 4 N–H and O–H groups in total. The zero-order valence-corrected chi connectivity index (χ0v) is 45.9. The summed E-state index contributed by atoms with van der Waals surface area (Å²) in [7, 11) is -5.07. The van der Waals surface area contributed by atoms with Gasteiger partial charge in [0.2, 0.25) is 0 Å². The number of hydrogen-bond donors (Lipinski definition) is 4. The molecular formula is C58H106O12S. The van der Waals surface area contributed by atoms with Crippen molar-refractivity contribution in [3.63, 3.8) is 0 Å². The molecule has 0 spiro atoms. The van der Waals surface area contributed by atoms with Crippen LogP contribution in [0.15, 0.2) is 48.6 Å². The van der Waals surface area contributed by atoms with Crippen molar-refractivity contribution >= 4 is 16.4 Å². The van der Waals surface area contributed by atoms with Gasteiger partial charge >= 0.3 is 16.4 Å². The summed E-state index contributed by atoms with van der Waals surface area (Å²) in [5.41, 5.74) is 0. The van der Waals surface area contributed by atoms with Crippen LogP contribution in [0.4, 0.5) is 0 Å². The number of esters is 1. The molecule has 0 saturated carbocycles. The number of aliphatic hydroxyl groups is 3. The summed E-state index contributed by atoms with van der Waals surface area (Å²) in [6.45, 7) is 3.99. The fourth-order valence-corrected chi connectivity index (χ4v) is 9.30. The Morgan fingerprint density at radius 3 is 1.35 bits per heavy atom. The van der Waals surface area contributed by atoms with Crippen LogP contribution in [-0.4, -0.2) is 97.5 Å². The number of aliphatic hydroxyl groups excluding tert-OH is 3. The van der Waals surface area contributed by atoms with Crippen LogP contribution in [-0.2, 0) is 38.3 Å². The molecule has 0 amide bonds. The molecule has 1 saturated heterocycles. The Bertz CT molecular complexity index is 1420. The SMILES string of the molecule is CCCCCC/C=C\C/C=C\CCCCCCCCCCOCC(COC1OC(CO)C(O)C(OS(=O)(=O)O)C1O)OC(=O)CCCCCCCCCCCCCCC/C=C\C/C=C\CCCCCCC. The van der Waals surface area contributed by atoms with E-state index in [1.807, 2.05) is 0 Å². The first kappa shape index (κ1) is 67.1. The minimum absolute atomic E-state index is 0.0323. The van der Waals surface area contributed by atoms with Crippen LogP contribution in [0.3, 0.4) is 0 Å². The molecule has 0 aliphatic carbocycles. The van der Waals surface area contributed by atoms with Crippen molar-refractivity contribution in [1.29, 1.82) is 0 Å². The molecule has 0 aromatic heterocycles. The number of ether oxygens (including phenoxy) is 4. The van der Waals surface area contributed by atoms with Gasteiger partial charge in [-0.25, -0.2) is 4.18 Å². The van der Waals surface area contributed by atoms with Crippen molar-refractivity contribution in [3.8, 4) is 0 Å². The Balaban J connectivity index is 2.29. The molecule has 6 unspecified atom stereocenters. The summed E-state index contributed by atoms with van der Waals surface area (Å²) in [6, 6.07) is 0. The van der Waals surface area contributed by atoms with E-state index < -0.39 is 59.8 Å². The second kappa shape index (κ2) is 49.0. The lowest BCUT2D eigenvalue weighted by Gasteiger charge is -2.41. The maximum absolute atomic E-state index is 13.0. The van der Waals surface area contributed by atoms with Gasteiger partial charge in [-0.15, -0.1) is 0 Å². The first-order valence-corrected chi connectivity index (χ1v) is 30.3. The van der Waals surface area contributed by atoms with Gasteiger partial charge < -0.3 is 34.3 Å². The van der Waals surface area contributed by atoms with E-state index in [1.165, 1.54) is 167 Å². The fourth-order valence-electron chi connectivity index (χ4n) is 8.79. The lowest BCUT2D eigenvalue weighted by atomic mass is 9.99. The molecule has 416 valence electrons. The van der Waals surface area contributed by atoms with Crippen LogP contribution in [0.1, 0.15) is 251 Å². The van der Waals surface area contributed by atoms with E-state index in [9.17, 15) is 33.1 Å². The average Bonchev–Trinajstić information content (AvgIpc) is 3.35. The van der Waals surface area contributed by atoms with Crippen LogP contribution in [0.5, 0.6) is 0 Å². The van der Waals surface area contributed by atoms with Gasteiger partial charge in [-0.2, -0.15) is 8.42 Å². The van der Waals surface area contributed by atoms with E-state index in [4.69, 9.17) is 18.9 Å². The summed E-state index contributed by atoms with van der Waals surface area (Å²) < 4.78 is 59.4. The first-order valence-electron chi connectivity index (χ1n) is 28.9. The number of allylic oxidation sites excluding steroid dienone is 8. The molecule has 1 aliphatic heterocycles. The fraction of sp³-hybridized carbons (Fsp3) is 0.845. The zero-order chi connectivity index (χ0) is 51.7. The Hall–Kier alpha value is -1.94. The minimum atomic E-state index is -5.07. The third-order valence-corrected chi connectivity index (χ3v) is 13.6. The van der Waals surface area contributed by atoms with Crippen LogP contribution < -0.4 is 0 Å². The predicted octanol–water partition coefficient (Wildman–Crippen LogP) is 14.3. The Kier molecular flexibility index (Phi) is 46.3. The summed E-state index contributed by atoms with van der Waals surface area (Å²) in [5, 5.41) is 30.8. The predicted molar refractivity (Wildman–Crippen MR) is 290 cm³/mol. The van der Waals surface area contributed by atoms with Gasteiger partial charge in [0.15, 0.2) is 6.29 Å². The highest BCUT2D eigenvalue weighted by atomic mass is 32.3. The van der Waals surface area contributed by atoms with Crippen LogP contribution in [0.2, 0.25) is 0 Å². The molecule has 13 heteroatoms. The van der Waals surface area contributed by atoms with E-state index in [0.717, 1.165) is 57.8 Å². The van der Waals surface area contributed by atoms with Gasteiger partial charge in [0.05, 0.1) is 19.8 Å². The van der Waals surface area contributed by atoms with Gasteiger partial charge in [-0.1, -0.05) is 217 Å². The van der Waals surface area contributed by atoms with Crippen LogP contribution >= 0.6 is 0 Å². The number of carbonyl (C=O) groups excluding carboxylic acids is 1. The van der Waals surface area contributed by atoms with E-state index in [0.29, 0.717) is 13.0 Å². The topological polar surface area (TPSA) is 178 Å². The molecule has 1 aliphatic rings. The third kappa shape index (κ3) is 42.0. The van der Waals surface area contributed by atoms with Gasteiger partial charge in [-0.3, -0.25) is 9.35 Å². The van der Waals surface area contributed by atoms with Crippen LogP contribution in [0, 0.1) is 0 Å². The maximum Gasteiger partial charge on any atom is 0.397 e. The number of unbranched alkanes of at least 4 members (excludes halogenated alkanes) is 30. The minimum Gasteiger partial charge on any atom is -0.457 e. The quantitative estimate of drug-likeness (QED) is 0.0196.